The molecule has 0 fully saturated rings. The van der Waals surface area contributed by atoms with Crippen molar-refractivity contribution in [1.82, 2.24) is 5.32 Å². The van der Waals surface area contributed by atoms with Gasteiger partial charge >= 0.3 is 5.97 Å². The fourth-order valence-corrected chi connectivity index (χ4v) is 2.19. The number of amides is 1. The number of ether oxygens (including phenoxy) is 1. The molecule has 0 radical (unpaired) electrons. The van der Waals surface area contributed by atoms with Gasteiger partial charge in [0.2, 0.25) is 0 Å². The Hall–Kier alpha value is -3.75. The summed E-state index contributed by atoms with van der Waals surface area (Å²) in [5.74, 6) is -1.29. The molecule has 0 spiro atoms. The van der Waals surface area contributed by atoms with E-state index in [4.69, 9.17) is 0 Å². The minimum atomic E-state index is -0.580. The van der Waals surface area contributed by atoms with Gasteiger partial charge in [-0.05, 0) is 43.3 Å². The number of nitrogens with one attached hydrogen (secondary N) is 2. The molecule has 0 aliphatic rings. The zero-order valence-electron chi connectivity index (χ0n) is 14.6. The summed E-state index contributed by atoms with van der Waals surface area (Å²) >= 11 is 0. The summed E-state index contributed by atoms with van der Waals surface area (Å²) in [5, 5.41) is 16.5. The van der Waals surface area contributed by atoms with Crippen LogP contribution in [-0.2, 0) is 9.53 Å². The second kappa shape index (κ2) is 8.56. The Kier molecular flexibility index (Phi) is 6.21. The van der Waals surface area contributed by atoms with Gasteiger partial charge in [-0.1, -0.05) is 0 Å². The third-order valence-electron chi connectivity index (χ3n) is 3.65. The van der Waals surface area contributed by atoms with E-state index >= 15 is 0 Å². The number of hydrogen-bond donors (Lipinski definition) is 2. The van der Waals surface area contributed by atoms with Gasteiger partial charge in [-0.15, -0.1) is 0 Å². The van der Waals surface area contributed by atoms with E-state index in [1.54, 1.807) is 12.1 Å². The second-order valence-electron chi connectivity index (χ2n) is 5.51. The summed E-state index contributed by atoms with van der Waals surface area (Å²) in [6.45, 7) is 1.08. The van der Waals surface area contributed by atoms with Gasteiger partial charge in [0.05, 0.1) is 12.0 Å². The summed E-state index contributed by atoms with van der Waals surface area (Å²) in [7, 11) is 1.22. The van der Waals surface area contributed by atoms with E-state index in [9.17, 15) is 24.5 Å². The van der Waals surface area contributed by atoms with Crippen molar-refractivity contribution in [3.05, 3.63) is 63.7 Å². The summed E-state index contributed by atoms with van der Waals surface area (Å²) in [6.07, 6.45) is 0. The number of nitrogens with zero attached hydrogens (tertiary/aromatic N) is 1. The highest BCUT2D eigenvalue weighted by Crippen LogP contribution is 2.29. The number of anilines is 2. The van der Waals surface area contributed by atoms with Gasteiger partial charge in [0, 0.05) is 22.9 Å². The highest BCUT2D eigenvalue weighted by molar-refractivity contribution is 5.97. The quantitative estimate of drug-likeness (QED) is 0.331. The van der Waals surface area contributed by atoms with E-state index in [0.29, 0.717) is 11.3 Å². The molecule has 0 saturated carbocycles. The van der Waals surface area contributed by atoms with Gasteiger partial charge < -0.3 is 15.4 Å². The van der Waals surface area contributed by atoms with E-state index in [-0.39, 0.29) is 29.3 Å². The van der Waals surface area contributed by atoms with E-state index in [2.05, 4.69) is 15.4 Å². The van der Waals surface area contributed by atoms with Crippen LogP contribution in [0.2, 0.25) is 0 Å². The molecule has 0 atom stereocenters. The van der Waals surface area contributed by atoms with Crippen LogP contribution in [0.1, 0.15) is 27.6 Å². The Labute approximate surface area is 154 Å². The number of rotatable bonds is 7. The largest absolute Gasteiger partial charge is 0.468 e. The van der Waals surface area contributed by atoms with Gasteiger partial charge in [-0.3, -0.25) is 24.5 Å². The molecule has 0 aliphatic heterocycles. The zero-order chi connectivity index (χ0) is 20.0. The number of carbonyl (C=O) groups excluding carboxylic acids is 3. The molecule has 0 aromatic heterocycles. The Morgan fingerprint density at radius 2 is 1.70 bits per heavy atom. The maximum absolute atomic E-state index is 11.9. The Morgan fingerprint density at radius 3 is 2.26 bits per heavy atom. The molecule has 2 rings (SSSR count). The molecule has 140 valence electrons. The van der Waals surface area contributed by atoms with E-state index in [0.717, 1.165) is 0 Å². The van der Waals surface area contributed by atoms with Crippen LogP contribution in [0.5, 0.6) is 0 Å². The number of nitro benzene ring substituents is 1. The van der Waals surface area contributed by atoms with Gasteiger partial charge in [-0.25, -0.2) is 0 Å². The second-order valence-corrected chi connectivity index (χ2v) is 5.51. The molecule has 9 nitrogen and oxygen atoms in total. The maximum atomic E-state index is 11.9. The van der Waals surface area contributed by atoms with Crippen molar-refractivity contribution in [2.75, 3.05) is 19.0 Å². The van der Waals surface area contributed by atoms with Crippen LogP contribution in [0.4, 0.5) is 17.1 Å². The van der Waals surface area contributed by atoms with Gasteiger partial charge in [0.1, 0.15) is 12.2 Å². The van der Waals surface area contributed by atoms with E-state index < -0.39 is 16.8 Å². The predicted molar refractivity (Wildman–Crippen MR) is 97.2 cm³/mol. The van der Waals surface area contributed by atoms with Gasteiger partial charge in [-0.2, -0.15) is 0 Å². The first-order valence-corrected chi connectivity index (χ1v) is 7.83. The Balaban J connectivity index is 2.14. The van der Waals surface area contributed by atoms with Crippen molar-refractivity contribution in [2.24, 2.45) is 0 Å². The molecular formula is C18H17N3O6. The third kappa shape index (κ3) is 5.11. The number of ketones is 1. The Bertz CT molecular complexity index is 892. The standard InChI is InChI=1S/C18H17N3O6/c1-11(22)13-5-8-15(16(9-13)21(25)26)20-14-6-3-12(4-7-14)18(24)19-10-17(23)27-2/h3-9,20H,10H2,1-2H3,(H,19,24). The van der Waals surface area contributed by atoms with Crippen molar-refractivity contribution >= 4 is 34.7 Å². The third-order valence-corrected chi connectivity index (χ3v) is 3.65. The molecule has 2 aromatic carbocycles. The number of Topliss-reactive ketones (excluding diaryl/α,β-unsaturated/α-hetero) is 1. The van der Waals surface area contributed by atoms with Crippen LogP contribution in [0.3, 0.4) is 0 Å². The lowest BCUT2D eigenvalue weighted by molar-refractivity contribution is -0.383. The predicted octanol–water partition coefficient (Wildman–Crippen LogP) is 2.44. The molecule has 2 N–H and O–H groups in total. The fourth-order valence-electron chi connectivity index (χ4n) is 2.19. The summed E-state index contributed by atoms with van der Waals surface area (Å²) in [4.78, 5) is 45.0. The maximum Gasteiger partial charge on any atom is 0.325 e. The van der Waals surface area contributed by atoms with Crippen LogP contribution in [0.15, 0.2) is 42.5 Å². The SMILES string of the molecule is COC(=O)CNC(=O)c1ccc(Nc2ccc(C(C)=O)cc2[N+](=O)[O-])cc1. The van der Waals surface area contributed by atoms with Crippen LogP contribution >= 0.6 is 0 Å². The number of hydrogen-bond acceptors (Lipinski definition) is 7. The Morgan fingerprint density at radius 1 is 1.07 bits per heavy atom. The molecule has 27 heavy (non-hydrogen) atoms. The van der Waals surface area contributed by atoms with E-state index in [1.165, 1.54) is 44.4 Å². The van der Waals surface area contributed by atoms with Crippen molar-refractivity contribution in [1.29, 1.82) is 0 Å². The molecule has 9 heteroatoms. The molecule has 0 saturated heterocycles. The lowest BCUT2D eigenvalue weighted by Crippen LogP contribution is -2.30. The fraction of sp³-hybridized carbons (Fsp3) is 0.167. The lowest BCUT2D eigenvalue weighted by atomic mass is 10.1. The molecule has 0 unspecified atom stereocenters. The van der Waals surface area contributed by atoms with Gasteiger partial charge in [0.15, 0.2) is 5.78 Å². The van der Waals surface area contributed by atoms with Crippen LogP contribution in [-0.4, -0.2) is 36.2 Å². The summed E-state index contributed by atoms with van der Waals surface area (Å²) < 4.78 is 4.44. The molecule has 1 amide bonds. The van der Waals surface area contributed by atoms with Crippen molar-refractivity contribution in [3.63, 3.8) is 0 Å². The minimum absolute atomic E-state index is 0.216. The van der Waals surface area contributed by atoms with Gasteiger partial charge in [0.25, 0.3) is 11.6 Å². The number of carbonyl (C=O) groups is 3. The lowest BCUT2D eigenvalue weighted by Gasteiger charge is -2.09. The monoisotopic (exact) mass is 371 g/mol. The van der Waals surface area contributed by atoms with Crippen LogP contribution in [0, 0.1) is 10.1 Å². The smallest absolute Gasteiger partial charge is 0.325 e. The normalized spacial score (nSPS) is 10.0. The summed E-state index contributed by atoms with van der Waals surface area (Å²) in [6, 6.07) is 10.3. The van der Waals surface area contributed by atoms with Crippen LogP contribution in [0.25, 0.3) is 0 Å². The molecule has 0 bridgehead atoms. The topological polar surface area (TPSA) is 128 Å². The molecule has 2 aromatic rings. The van der Waals surface area contributed by atoms with Crippen LogP contribution < -0.4 is 10.6 Å². The first-order valence-electron chi connectivity index (χ1n) is 7.83. The molecule has 0 aliphatic carbocycles. The average Bonchev–Trinajstić information content (AvgIpc) is 2.66. The number of esters is 1. The highest BCUT2D eigenvalue weighted by Gasteiger charge is 2.16. The average molecular weight is 371 g/mol. The van der Waals surface area contributed by atoms with Crippen molar-refractivity contribution < 1.29 is 24.0 Å². The van der Waals surface area contributed by atoms with E-state index in [1.807, 2.05) is 0 Å². The first-order chi connectivity index (χ1) is 12.8. The number of methoxy groups -OCH3 is 1. The minimum Gasteiger partial charge on any atom is -0.468 e. The van der Waals surface area contributed by atoms with Crippen molar-refractivity contribution in [2.45, 2.75) is 6.92 Å². The summed E-state index contributed by atoms with van der Waals surface area (Å²) in [5.41, 5.74) is 1.05. The first kappa shape index (κ1) is 19.6. The van der Waals surface area contributed by atoms with Crippen molar-refractivity contribution in [3.8, 4) is 0 Å². The number of nitro groups is 1. The molecule has 0 heterocycles. The highest BCUT2D eigenvalue weighted by atomic mass is 16.6. The molecular weight excluding hydrogens is 354 g/mol. The zero-order valence-corrected chi connectivity index (χ0v) is 14.6. The number of benzene rings is 2.